The maximum absolute atomic E-state index is 12.7. The molecule has 11 heteroatoms. The quantitative estimate of drug-likeness (QED) is 0.607. The molecule has 1 amide bonds. The van der Waals surface area contributed by atoms with Crippen molar-refractivity contribution in [2.24, 2.45) is 0 Å². The molecule has 1 aromatic heterocycles. The summed E-state index contributed by atoms with van der Waals surface area (Å²) in [5, 5.41) is 6.18. The van der Waals surface area contributed by atoms with Crippen LogP contribution in [0.3, 0.4) is 0 Å². The predicted molar refractivity (Wildman–Crippen MR) is 106 cm³/mol. The third-order valence-corrected chi connectivity index (χ3v) is 6.65. The summed E-state index contributed by atoms with van der Waals surface area (Å²) in [6, 6.07) is 11.2. The maximum Gasteiger partial charge on any atom is 0.263 e. The van der Waals surface area contributed by atoms with Gasteiger partial charge in [-0.25, -0.2) is 16.8 Å². The van der Waals surface area contributed by atoms with Crippen molar-refractivity contribution in [1.82, 2.24) is 5.16 Å². The van der Waals surface area contributed by atoms with Gasteiger partial charge in [-0.05, 0) is 43.3 Å². The number of aromatic nitrogens is 1. The van der Waals surface area contributed by atoms with Gasteiger partial charge in [-0.3, -0.25) is 9.52 Å². The van der Waals surface area contributed by atoms with Crippen LogP contribution in [0.5, 0.6) is 0 Å². The Balaban J connectivity index is 1.80. The van der Waals surface area contributed by atoms with Crippen LogP contribution in [-0.4, -0.2) is 34.2 Å². The predicted octanol–water partition coefficient (Wildman–Crippen LogP) is 2.44. The third-order valence-electron chi connectivity index (χ3n) is 3.93. The number of hydrogen-bond acceptors (Lipinski definition) is 7. The third kappa shape index (κ3) is 4.63. The average Bonchev–Trinajstić information content (AvgIpc) is 3.08. The second-order valence-electron chi connectivity index (χ2n) is 6.15. The molecule has 152 valence electrons. The molecule has 0 aliphatic rings. The first-order valence-corrected chi connectivity index (χ1v) is 11.6. The molecule has 0 aliphatic heterocycles. The average molecular weight is 435 g/mol. The van der Waals surface area contributed by atoms with Gasteiger partial charge in [0.1, 0.15) is 16.2 Å². The minimum absolute atomic E-state index is 0.201. The van der Waals surface area contributed by atoms with E-state index in [1.807, 2.05) is 0 Å². The van der Waals surface area contributed by atoms with Gasteiger partial charge in [-0.1, -0.05) is 17.3 Å². The van der Waals surface area contributed by atoms with Crippen molar-refractivity contribution in [2.45, 2.75) is 16.7 Å². The van der Waals surface area contributed by atoms with Crippen molar-refractivity contribution < 1.29 is 26.2 Å². The summed E-state index contributed by atoms with van der Waals surface area (Å²) in [7, 11) is -7.87. The zero-order chi connectivity index (χ0) is 21.2. The summed E-state index contributed by atoms with van der Waals surface area (Å²) in [5.74, 6) is -0.0458. The molecular formula is C18H17N3O6S2. The van der Waals surface area contributed by atoms with Crippen LogP contribution >= 0.6 is 0 Å². The van der Waals surface area contributed by atoms with Gasteiger partial charge in [0.15, 0.2) is 9.84 Å². The Morgan fingerprint density at radius 2 is 1.52 bits per heavy atom. The monoisotopic (exact) mass is 435 g/mol. The van der Waals surface area contributed by atoms with E-state index in [4.69, 9.17) is 4.52 Å². The summed E-state index contributed by atoms with van der Waals surface area (Å²) in [6.45, 7) is 1.61. The first-order valence-electron chi connectivity index (χ1n) is 8.22. The number of carbonyl (C=O) groups excluding carboxylic acids is 1. The number of amides is 1. The van der Waals surface area contributed by atoms with E-state index in [-0.39, 0.29) is 21.0 Å². The van der Waals surface area contributed by atoms with E-state index >= 15 is 0 Å². The Labute approximate surface area is 167 Å². The molecule has 0 unspecified atom stereocenters. The lowest BCUT2D eigenvalue weighted by atomic mass is 10.2. The van der Waals surface area contributed by atoms with Crippen molar-refractivity contribution in [2.75, 3.05) is 16.3 Å². The van der Waals surface area contributed by atoms with Crippen molar-refractivity contribution in [1.29, 1.82) is 0 Å². The van der Waals surface area contributed by atoms with E-state index in [0.29, 0.717) is 11.4 Å². The zero-order valence-electron chi connectivity index (χ0n) is 15.4. The van der Waals surface area contributed by atoms with Crippen LogP contribution in [-0.2, 0) is 19.9 Å². The number of sulfonamides is 1. The molecule has 0 atom stereocenters. The number of nitrogens with zero attached hydrogens (tertiary/aromatic N) is 1. The van der Waals surface area contributed by atoms with Crippen molar-refractivity contribution in [3.8, 4) is 0 Å². The fourth-order valence-electron chi connectivity index (χ4n) is 2.53. The summed E-state index contributed by atoms with van der Waals surface area (Å²) in [4.78, 5) is 11.5. The highest BCUT2D eigenvalue weighted by Crippen LogP contribution is 2.24. The minimum Gasteiger partial charge on any atom is -0.361 e. The summed E-state index contributed by atoms with van der Waals surface area (Å²) in [6.07, 6.45) is 2.24. The maximum atomic E-state index is 12.7. The largest absolute Gasteiger partial charge is 0.361 e. The van der Waals surface area contributed by atoms with Crippen molar-refractivity contribution in [3.63, 3.8) is 0 Å². The van der Waals surface area contributed by atoms with Crippen LogP contribution in [0.25, 0.3) is 0 Å². The number of benzene rings is 2. The van der Waals surface area contributed by atoms with Gasteiger partial charge in [-0.15, -0.1) is 0 Å². The smallest absolute Gasteiger partial charge is 0.263 e. The van der Waals surface area contributed by atoms with Gasteiger partial charge in [-0.2, -0.15) is 0 Å². The van der Waals surface area contributed by atoms with E-state index in [2.05, 4.69) is 15.2 Å². The van der Waals surface area contributed by atoms with Crippen LogP contribution in [0.1, 0.15) is 16.1 Å². The Morgan fingerprint density at radius 1 is 0.931 bits per heavy atom. The van der Waals surface area contributed by atoms with Crippen LogP contribution in [0.4, 0.5) is 11.4 Å². The molecule has 0 saturated carbocycles. The zero-order valence-corrected chi connectivity index (χ0v) is 17.0. The van der Waals surface area contributed by atoms with E-state index in [1.165, 1.54) is 54.7 Å². The standard InChI is InChI=1S/C18H17N3O6S2/c1-12-15(11-19-27-12)18(22)20-13-7-9-14(10-8-13)21-29(25,26)17-6-4-3-5-16(17)28(2,23)24/h3-11,21H,1-2H3,(H,20,22). The second-order valence-corrected chi connectivity index (χ2v) is 9.79. The Kier molecular flexibility index (Phi) is 5.44. The molecule has 29 heavy (non-hydrogen) atoms. The Morgan fingerprint density at radius 3 is 2.07 bits per heavy atom. The van der Waals surface area contributed by atoms with Gasteiger partial charge in [0, 0.05) is 17.6 Å². The first-order chi connectivity index (χ1) is 13.6. The van der Waals surface area contributed by atoms with Crippen molar-refractivity contribution >= 4 is 37.1 Å². The normalized spacial score (nSPS) is 11.8. The van der Waals surface area contributed by atoms with E-state index < -0.39 is 25.8 Å². The number of anilines is 2. The molecule has 2 aromatic carbocycles. The lowest BCUT2D eigenvalue weighted by Crippen LogP contribution is -2.16. The van der Waals surface area contributed by atoms with Crippen LogP contribution < -0.4 is 10.0 Å². The van der Waals surface area contributed by atoms with Gasteiger partial charge in [0.25, 0.3) is 15.9 Å². The highest BCUT2D eigenvalue weighted by atomic mass is 32.2. The fraction of sp³-hybridized carbons (Fsp3) is 0.111. The molecule has 0 fully saturated rings. The molecule has 2 N–H and O–H groups in total. The first kappa shape index (κ1) is 20.6. The highest BCUT2D eigenvalue weighted by Gasteiger charge is 2.23. The lowest BCUT2D eigenvalue weighted by molar-refractivity contribution is 0.102. The van der Waals surface area contributed by atoms with Gasteiger partial charge >= 0.3 is 0 Å². The molecule has 0 aliphatic carbocycles. The number of nitrogens with one attached hydrogen (secondary N) is 2. The number of rotatable bonds is 6. The van der Waals surface area contributed by atoms with Gasteiger partial charge in [0.2, 0.25) is 0 Å². The molecule has 0 radical (unpaired) electrons. The molecule has 0 bridgehead atoms. The molecular weight excluding hydrogens is 418 g/mol. The van der Waals surface area contributed by atoms with Gasteiger partial charge < -0.3 is 9.84 Å². The fourth-order valence-corrected chi connectivity index (χ4v) is 5.21. The number of carbonyl (C=O) groups is 1. The number of aryl methyl sites for hydroxylation is 1. The number of sulfone groups is 1. The molecule has 0 saturated heterocycles. The van der Waals surface area contributed by atoms with E-state index in [9.17, 15) is 21.6 Å². The van der Waals surface area contributed by atoms with Gasteiger partial charge in [0.05, 0.1) is 11.1 Å². The summed E-state index contributed by atoms with van der Waals surface area (Å²) < 4.78 is 56.3. The van der Waals surface area contributed by atoms with E-state index in [1.54, 1.807) is 6.92 Å². The van der Waals surface area contributed by atoms with Crippen LogP contribution in [0.2, 0.25) is 0 Å². The summed E-state index contributed by atoms with van der Waals surface area (Å²) in [5.41, 5.74) is 0.912. The molecule has 3 aromatic rings. The summed E-state index contributed by atoms with van der Waals surface area (Å²) >= 11 is 0. The SMILES string of the molecule is Cc1oncc1C(=O)Nc1ccc(NS(=O)(=O)c2ccccc2S(C)(=O)=O)cc1. The molecule has 9 nitrogen and oxygen atoms in total. The number of hydrogen-bond donors (Lipinski definition) is 2. The molecule has 3 rings (SSSR count). The molecule has 0 spiro atoms. The second kappa shape index (κ2) is 7.68. The highest BCUT2D eigenvalue weighted by molar-refractivity contribution is 7.95. The minimum atomic E-state index is -4.14. The topological polar surface area (TPSA) is 135 Å². The molecule has 1 heterocycles. The lowest BCUT2D eigenvalue weighted by Gasteiger charge is -2.12. The van der Waals surface area contributed by atoms with Crippen LogP contribution in [0.15, 0.2) is 69.0 Å². The van der Waals surface area contributed by atoms with Crippen molar-refractivity contribution in [3.05, 3.63) is 66.1 Å². The van der Waals surface area contributed by atoms with E-state index in [0.717, 1.165) is 6.26 Å². The van der Waals surface area contributed by atoms with Crippen LogP contribution in [0, 0.1) is 6.92 Å². The Hall–Kier alpha value is -3.18. The Bertz CT molecular complexity index is 1260.